The van der Waals surface area contributed by atoms with Crippen molar-refractivity contribution in [2.45, 2.75) is 13.0 Å². The van der Waals surface area contributed by atoms with Crippen molar-refractivity contribution in [3.05, 3.63) is 52.0 Å². The van der Waals surface area contributed by atoms with E-state index in [1.165, 1.54) is 0 Å². The van der Waals surface area contributed by atoms with E-state index in [0.29, 0.717) is 13.1 Å². The van der Waals surface area contributed by atoms with Gasteiger partial charge in [0.15, 0.2) is 0 Å². The molecule has 2 heterocycles. The molecule has 1 aromatic carbocycles. The molecule has 1 atom stereocenters. The third-order valence-corrected chi connectivity index (χ3v) is 4.58. The van der Waals surface area contributed by atoms with E-state index in [-0.39, 0.29) is 24.2 Å². The summed E-state index contributed by atoms with van der Waals surface area (Å²) in [6.07, 6.45) is 1.83. The Bertz CT molecular complexity index is 684. The van der Waals surface area contributed by atoms with Crippen LogP contribution in [-0.2, 0) is 16.1 Å². The zero-order chi connectivity index (χ0) is 15.5. The van der Waals surface area contributed by atoms with Gasteiger partial charge in [-0.2, -0.15) is 0 Å². The van der Waals surface area contributed by atoms with Crippen molar-refractivity contribution in [3.63, 3.8) is 0 Å². The molecule has 6 heteroatoms. The number of halogens is 1. The second-order valence-electron chi connectivity index (χ2n) is 5.22. The van der Waals surface area contributed by atoms with Crippen LogP contribution in [0.2, 0.25) is 0 Å². The molecule has 5 nitrogen and oxygen atoms in total. The molecular weight excluding hydrogens is 395 g/mol. The van der Waals surface area contributed by atoms with Crippen molar-refractivity contribution in [2.75, 3.05) is 11.9 Å². The summed E-state index contributed by atoms with van der Waals surface area (Å²) in [5.74, 6) is 0.282. The fourth-order valence-corrected chi connectivity index (χ4v) is 3.01. The number of likely N-dealkylation sites (tertiary alicyclic amines) is 1. The number of para-hydroxylation sites is 1. The number of carbonyl (C=O) groups is 2. The predicted octanol–water partition coefficient (Wildman–Crippen LogP) is 2.87. The molecular formula is C16H15IN2O3. The van der Waals surface area contributed by atoms with Crippen LogP contribution in [0.1, 0.15) is 12.2 Å². The van der Waals surface area contributed by atoms with E-state index in [0.717, 1.165) is 15.0 Å². The Hall–Kier alpha value is -1.83. The van der Waals surface area contributed by atoms with Crippen molar-refractivity contribution >= 4 is 40.1 Å². The lowest BCUT2D eigenvalue weighted by Crippen LogP contribution is -2.28. The fourth-order valence-electron chi connectivity index (χ4n) is 2.49. The molecule has 0 radical (unpaired) electrons. The molecule has 0 spiro atoms. The highest BCUT2D eigenvalue weighted by Crippen LogP contribution is 2.23. The lowest BCUT2D eigenvalue weighted by molar-refractivity contribution is -0.128. The maximum absolute atomic E-state index is 12.3. The van der Waals surface area contributed by atoms with Gasteiger partial charge in [-0.25, -0.2) is 0 Å². The molecule has 0 bridgehead atoms. The highest BCUT2D eigenvalue weighted by Gasteiger charge is 2.34. The Morgan fingerprint density at radius 1 is 1.32 bits per heavy atom. The summed E-state index contributed by atoms with van der Waals surface area (Å²) in [7, 11) is 0. The number of furan rings is 1. The minimum atomic E-state index is -0.321. The van der Waals surface area contributed by atoms with Crippen molar-refractivity contribution in [2.24, 2.45) is 5.92 Å². The first-order valence-electron chi connectivity index (χ1n) is 6.99. The summed E-state index contributed by atoms with van der Waals surface area (Å²) in [4.78, 5) is 26.0. The Kier molecular flexibility index (Phi) is 4.47. The first kappa shape index (κ1) is 15.1. The molecule has 0 saturated carbocycles. The largest absolute Gasteiger partial charge is 0.467 e. The monoisotopic (exact) mass is 410 g/mol. The first-order chi connectivity index (χ1) is 10.6. The molecule has 1 aromatic heterocycles. The van der Waals surface area contributed by atoms with Crippen molar-refractivity contribution in [1.82, 2.24) is 4.90 Å². The van der Waals surface area contributed by atoms with Gasteiger partial charge in [0.1, 0.15) is 5.76 Å². The van der Waals surface area contributed by atoms with Gasteiger partial charge in [0.05, 0.1) is 24.4 Å². The van der Waals surface area contributed by atoms with Crippen LogP contribution in [0, 0.1) is 9.49 Å². The lowest BCUT2D eigenvalue weighted by Gasteiger charge is -2.15. The SMILES string of the molecule is O=C(Nc1ccccc1I)C1CC(=O)N(Cc2ccco2)C1. The Balaban J connectivity index is 1.62. The van der Waals surface area contributed by atoms with Gasteiger partial charge in [-0.3, -0.25) is 9.59 Å². The number of benzene rings is 1. The molecule has 2 aromatic rings. The zero-order valence-corrected chi connectivity index (χ0v) is 13.9. The summed E-state index contributed by atoms with van der Waals surface area (Å²) in [6, 6.07) is 11.2. The summed E-state index contributed by atoms with van der Waals surface area (Å²) in [5, 5.41) is 2.90. The van der Waals surface area contributed by atoms with Crippen LogP contribution in [0.3, 0.4) is 0 Å². The van der Waals surface area contributed by atoms with Gasteiger partial charge in [-0.05, 0) is 46.9 Å². The smallest absolute Gasteiger partial charge is 0.229 e. The van der Waals surface area contributed by atoms with Crippen LogP contribution in [-0.4, -0.2) is 23.3 Å². The molecule has 114 valence electrons. The van der Waals surface area contributed by atoms with Gasteiger partial charge in [-0.15, -0.1) is 0 Å². The van der Waals surface area contributed by atoms with Crippen molar-refractivity contribution in [1.29, 1.82) is 0 Å². The van der Waals surface area contributed by atoms with Crippen LogP contribution in [0.5, 0.6) is 0 Å². The van der Waals surface area contributed by atoms with Gasteiger partial charge in [0.25, 0.3) is 0 Å². The fraction of sp³-hybridized carbons (Fsp3) is 0.250. The number of hydrogen-bond donors (Lipinski definition) is 1. The molecule has 0 aliphatic carbocycles. The summed E-state index contributed by atoms with van der Waals surface area (Å²) >= 11 is 2.17. The molecule has 22 heavy (non-hydrogen) atoms. The molecule has 1 aliphatic rings. The summed E-state index contributed by atoms with van der Waals surface area (Å²) in [6.45, 7) is 0.841. The zero-order valence-electron chi connectivity index (χ0n) is 11.8. The van der Waals surface area contributed by atoms with Crippen LogP contribution in [0.25, 0.3) is 0 Å². The number of nitrogens with zero attached hydrogens (tertiary/aromatic N) is 1. The normalized spacial score (nSPS) is 17.8. The number of hydrogen-bond acceptors (Lipinski definition) is 3. The van der Waals surface area contributed by atoms with Gasteiger partial charge >= 0.3 is 0 Å². The van der Waals surface area contributed by atoms with E-state index in [4.69, 9.17) is 4.42 Å². The highest BCUT2D eigenvalue weighted by molar-refractivity contribution is 14.1. The van der Waals surface area contributed by atoms with E-state index in [9.17, 15) is 9.59 Å². The molecule has 2 amide bonds. The average Bonchev–Trinajstić information content (AvgIpc) is 3.13. The Morgan fingerprint density at radius 2 is 2.14 bits per heavy atom. The predicted molar refractivity (Wildman–Crippen MR) is 90.0 cm³/mol. The lowest BCUT2D eigenvalue weighted by atomic mass is 10.1. The standard InChI is InChI=1S/C16H15IN2O3/c17-13-5-1-2-6-14(13)18-16(21)11-8-15(20)19(9-11)10-12-4-3-7-22-12/h1-7,11H,8-10H2,(H,18,21). The Labute approximate surface area is 141 Å². The second kappa shape index (κ2) is 6.51. The average molecular weight is 410 g/mol. The van der Waals surface area contributed by atoms with Crippen LogP contribution in [0.4, 0.5) is 5.69 Å². The van der Waals surface area contributed by atoms with E-state index in [2.05, 4.69) is 27.9 Å². The maximum atomic E-state index is 12.3. The van der Waals surface area contributed by atoms with E-state index < -0.39 is 0 Å². The summed E-state index contributed by atoms with van der Waals surface area (Å²) in [5.41, 5.74) is 0.782. The molecule has 1 fully saturated rings. The highest BCUT2D eigenvalue weighted by atomic mass is 127. The first-order valence-corrected chi connectivity index (χ1v) is 8.07. The van der Waals surface area contributed by atoms with Crippen molar-refractivity contribution in [3.8, 4) is 0 Å². The second-order valence-corrected chi connectivity index (χ2v) is 6.39. The van der Waals surface area contributed by atoms with E-state index >= 15 is 0 Å². The molecule has 1 N–H and O–H groups in total. The molecule has 1 unspecified atom stereocenters. The number of anilines is 1. The molecule has 1 aliphatic heterocycles. The van der Waals surface area contributed by atoms with Gasteiger partial charge in [0, 0.05) is 16.5 Å². The minimum absolute atomic E-state index is 0.0145. The summed E-state index contributed by atoms with van der Waals surface area (Å²) < 4.78 is 6.23. The van der Waals surface area contributed by atoms with Gasteiger partial charge < -0.3 is 14.6 Å². The Morgan fingerprint density at radius 3 is 2.86 bits per heavy atom. The van der Waals surface area contributed by atoms with E-state index in [1.54, 1.807) is 17.2 Å². The number of nitrogens with one attached hydrogen (secondary N) is 1. The minimum Gasteiger partial charge on any atom is -0.467 e. The topological polar surface area (TPSA) is 62.6 Å². The third-order valence-electron chi connectivity index (χ3n) is 3.64. The van der Waals surface area contributed by atoms with Crippen LogP contribution < -0.4 is 5.32 Å². The maximum Gasteiger partial charge on any atom is 0.229 e. The molecule has 3 rings (SSSR count). The third kappa shape index (κ3) is 3.32. The van der Waals surface area contributed by atoms with Crippen molar-refractivity contribution < 1.29 is 14.0 Å². The van der Waals surface area contributed by atoms with Crippen LogP contribution in [0.15, 0.2) is 47.1 Å². The molecule has 1 saturated heterocycles. The van der Waals surface area contributed by atoms with E-state index in [1.807, 2.05) is 30.3 Å². The van der Waals surface area contributed by atoms with Gasteiger partial charge in [-0.1, -0.05) is 12.1 Å². The number of amides is 2. The van der Waals surface area contributed by atoms with Gasteiger partial charge in [0.2, 0.25) is 11.8 Å². The number of rotatable bonds is 4. The van der Waals surface area contributed by atoms with Crippen LogP contribution >= 0.6 is 22.6 Å². The quantitative estimate of drug-likeness (QED) is 0.789. The number of carbonyl (C=O) groups excluding carboxylic acids is 2.